The lowest BCUT2D eigenvalue weighted by Crippen LogP contribution is -1.84. The minimum atomic E-state index is -2.75. The van der Waals surface area contributed by atoms with Gasteiger partial charge in [-0.2, -0.15) is 8.42 Å². The van der Waals surface area contributed by atoms with E-state index in [1.54, 1.807) is 6.92 Å². The van der Waals surface area contributed by atoms with E-state index in [2.05, 4.69) is 10.8 Å². The highest BCUT2D eigenvalue weighted by molar-refractivity contribution is 7.67. The van der Waals surface area contributed by atoms with Crippen molar-refractivity contribution < 1.29 is 12.6 Å². The molecule has 0 atom stereocenters. The fourth-order valence-electron chi connectivity index (χ4n) is 0.170. The molecule has 0 fully saturated rings. The first-order valence-electron chi connectivity index (χ1n) is 2.17. The Balaban J connectivity index is 3.56. The Morgan fingerprint density at radius 3 is 2.38 bits per heavy atom. The average Bonchev–Trinajstić information content (AvgIpc) is 1.65. The topological polar surface area (TPSA) is 43.4 Å². The van der Waals surface area contributed by atoms with Crippen molar-refractivity contribution in [1.82, 2.24) is 0 Å². The number of hydrogen-bond acceptors (Lipinski definition) is 3. The number of thiol groups is 1. The Morgan fingerprint density at radius 1 is 1.75 bits per heavy atom. The fraction of sp³-hybridized carbons (Fsp3) is 0.500. The number of rotatable bonds is 3. The van der Waals surface area contributed by atoms with E-state index in [-0.39, 0.29) is 5.76 Å². The van der Waals surface area contributed by atoms with Crippen LogP contribution in [0.2, 0.25) is 0 Å². The van der Waals surface area contributed by atoms with Crippen molar-refractivity contribution in [2.45, 2.75) is 13.3 Å². The molecule has 0 N–H and O–H groups in total. The van der Waals surface area contributed by atoms with Crippen LogP contribution < -0.4 is 0 Å². The first-order chi connectivity index (χ1) is 3.66. The lowest BCUT2D eigenvalue weighted by Gasteiger charge is -1.93. The molecule has 0 radical (unpaired) electrons. The standard InChI is InChI=1S/C4H8O3S/c1-3-4(2)7-8(5)6/h8H,2-3H2,1H3. The molecule has 3 nitrogen and oxygen atoms in total. The average molecular weight is 136 g/mol. The van der Waals surface area contributed by atoms with Crippen LogP contribution in [0.5, 0.6) is 0 Å². The summed E-state index contributed by atoms with van der Waals surface area (Å²) in [5.41, 5.74) is 0. The first-order valence-corrected chi connectivity index (χ1v) is 3.26. The molecule has 0 saturated carbocycles. The van der Waals surface area contributed by atoms with Gasteiger partial charge in [0.25, 0.3) is 11.0 Å². The lowest BCUT2D eigenvalue weighted by molar-refractivity contribution is 0.416. The van der Waals surface area contributed by atoms with E-state index in [9.17, 15) is 8.42 Å². The molecule has 0 heterocycles. The van der Waals surface area contributed by atoms with Crippen LogP contribution in [0, 0.1) is 0 Å². The highest BCUT2D eigenvalue weighted by Crippen LogP contribution is 1.96. The summed E-state index contributed by atoms with van der Waals surface area (Å²) in [6.45, 7) is 5.07. The summed E-state index contributed by atoms with van der Waals surface area (Å²) in [5, 5.41) is 0. The van der Waals surface area contributed by atoms with Gasteiger partial charge in [-0.15, -0.1) is 0 Å². The van der Waals surface area contributed by atoms with Gasteiger partial charge < -0.3 is 4.18 Å². The molecule has 48 valence electrons. The van der Waals surface area contributed by atoms with E-state index >= 15 is 0 Å². The Labute approximate surface area is 50.1 Å². The van der Waals surface area contributed by atoms with Gasteiger partial charge in [-0.25, -0.2) is 0 Å². The minimum absolute atomic E-state index is 0.279. The maximum atomic E-state index is 9.72. The fourth-order valence-corrected chi connectivity index (χ4v) is 0.510. The molecule has 0 aliphatic heterocycles. The summed E-state index contributed by atoms with van der Waals surface area (Å²) in [4.78, 5) is 0. The number of allylic oxidation sites excluding steroid dienone is 1. The second kappa shape index (κ2) is 3.49. The number of hydrogen-bond donors (Lipinski definition) is 1. The maximum Gasteiger partial charge on any atom is 0.298 e. The van der Waals surface area contributed by atoms with Gasteiger partial charge in [-0.05, 0) is 0 Å². The van der Waals surface area contributed by atoms with E-state index in [0.29, 0.717) is 6.42 Å². The van der Waals surface area contributed by atoms with Crippen molar-refractivity contribution >= 4 is 11.0 Å². The van der Waals surface area contributed by atoms with Crippen molar-refractivity contribution in [2.24, 2.45) is 0 Å². The Morgan fingerprint density at radius 2 is 2.25 bits per heavy atom. The van der Waals surface area contributed by atoms with Crippen molar-refractivity contribution in [3.05, 3.63) is 12.3 Å². The maximum absolute atomic E-state index is 9.72. The van der Waals surface area contributed by atoms with Crippen LogP contribution in [0.4, 0.5) is 0 Å². The zero-order valence-electron chi connectivity index (χ0n) is 4.59. The second-order valence-corrected chi connectivity index (χ2v) is 1.84. The molecule has 0 aliphatic rings. The van der Waals surface area contributed by atoms with Crippen LogP contribution in [0.25, 0.3) is 0 Å². The Hall–Kier alpha value is -0.510. The third-order valence-electron chi connectivity index (χ3n) is 0.598. The van der Waals surface area contributed by atoms with Crippen molar-refractivity contribution in [2.75, 3.05) is 0 Å². The van der Waals surface area contributed by atoms with Gasteiger partial charge in [0.15, 0.2) is 0 Å². The zero-order valence-corrected chi connectivity index (χ0v) is 5.48. The van der Waals surface area contributed by atoms with Gasteiger partial charge in [0.05, 0.1) is 0 Å². The van der Waals surface area contributed by atoms with Crippen LogP contribution in [0.1, 0.15) is 13.3 Å². The van der Waals surface area contributed by atoms with Crippen molar-refractivity contribution in [1.29, 1.82) is 0 Å². The molecular formula is C4H8O3S. The normalized spacial score (nSPS) is 9.25. The quantitative estimate of drug-likeness (QED) is 0.452. The predicted octanol–water partition coefficient (Wildman–Crippen LogP) is 0.453. The molecule has 0 aromatic carbocycles. The van der Waals surface area contributed by atoms with Gasteiger partial charge in [-0.1, -0.05) is 13.5 Å². The van der Waals surface area contributed by atoms with Crippen LogP contribution in [0.15, 0.2) is 12.3 Å². The summed E-state index contributed by atoms with van der Waals surface area (Å²) in [6.07, 6.45) is 0.531. The molecule has 0 rings (SSSR count). The summed E-state index contributed by atoms with van der Waals surface area (Å²) in [7, 11) is -2.75. The van der Waals surface area contributed by atoms with Gasteiger partial charge in [0, 0.05) is 6.42 Å². The highest BCUT2D eigenvalue weighted by Gasteiger charge is 1.87. The minimum Gasteiger partial charge on any atom is -0.390 e. The highest BCUT2D eigenvalue weighted by atomic mass is 32.2. The van der Waals surface area contributed by atoms with E-state index in [1.807, 2.05) is 0 Å². The van der Waals surface area contributed by atoms with Crippen LogP contribution in [0.3, 0.4) is 0 Å². The van der Waals surface area contributed by atoms with Crippen LogP contribution >= 0.6 is 0 Å². The largest absolute Gasteiger partial charge is 0.390 e. The lowest BCUT2D eigenvalue weighted by atomic mass is 10.4. The molecule has 0 unspecified atom stereocenters. The second-order valence-electron chi connectivity index (χ2n) is 1.21. The molecule has 0 aliphatic carbocycles. The first kappa shape index (κ1) is 7.49. The van der Waals surface area contributed by atoms with Gasteiger partial charge in [-0.3, -0.25) is 0 Å². The van der Waals surface area contributed by atoms with E-state index in [1.165, 1.54) is 0 Å². The van der Waals surface area contributed by atoms with Gasteiger partial charge in [0.2, 0.25) is 0 Å². The molecule has 0 amide bonds. The van der Waals surface area contributed by atoms with Gasteiger partial charge >= 0.3 is 0 Å². The van der Waals surface area contributed by atoms with E-state index < -0.39 is 11.0 Å². The molecule has 0 saturated heterocycles. The molecular weight excluding hydrogens is 128 g/mol. The third-order valence-corrected chi connectivity index (χ3v) is 1.01. The zero-order chi connectivity index (χ0) is 6.57. The SMILES string of the molecule is C=C(CC)O[SH](=O)=O. The van der Waals surface area contributed by atoms with E-state index in [4.69, 9.17) is 0 Å². The van der Waals surface area contributed by atoms with Crippen molar-refractivity contribution in [3.63, 3.8) is 0 Å². The Kier molecular flexibility index (Phi) is 3.26. The van der Waals surface area contributed by atoms with Crippen molar-refractivity contribution in [3.8, 4) is 0 Å². The molecule has 4 heteroatoms. The van der Waals surface area contributed by atoms with Gasteiger partial charge in [0.1, 0.15) is 5.76 Å². The summed E-state index contributed by atoms with van der Waals surface area (Å²) in [6, 6.07) is 0. The smallest absolute Gasteiger partial charge is 0.298 e. The summed E-state index contributed by atoms with van der Waals surface area (Å²) >= 11 is 0. The van der Waals surface area contributed by atoms with Crippen LogP contribution in [-0.2, 0) is 15.2 Å². The molecule has 8 heavy (non-hydrogen) atoms. The molecule has 0 aromatic rings. The third kappa shape index (κ3) is 3.67. The summed E-state index contributed by atoms with van der Waals surface area (Å²) in [5.74, 6) is 0.279. The molecule has 0 spiro atoms. The molecule has 0 bridgehead atoms. The van der Waals surface area contributed by atoms with E-state index in [0.717, 1.165) is 0 Å². The monoisotopic (exact) mass is 136 g/mol. The predicted molar refractivity (Wildman–Crippen MR) is 30.8 cm³/mol. The molecule has 0 aromatic heterocycles. The summed E-state index contributed by atoms with van der Waals surface area (Å²) < 4.78 is 23.6. The van der Waals surface area contributed by atoms with Crippen LogP contribution in [-0.4, -0.2) is 8.42 Å². The Bertz CT molecular complexity index is 139.